The summed E-state index contributed by atoms with van der Waals surface area (Å²) in [5.41, 5.74) is -0.284. The number of hydrogen-bond donors (Lipinski definition) is 1. The summed E-state index contributed by atoms with van der Waals surface area (Å²) < 4.78 is 27.3. The second-order valence-electron chi connectivity index (χ2n) is 3.56. The largest absolute Gasteiger partial charge is 0.388 e. The van der Waals surface area contributed by atoms with E-state index in [0.717, 1.165) is 10.9 Å². The topological polar surface area (TPSA) is 20.2 Å². The highest BCUT2D eigenvalue weighted by molar-refractivity contribution is 9.10. The molecule has 0 aliphatic rings. The van der Waals surface area contributed by atoms with Gasteiger partial charge in [0.25, 0.3) is 0 Å². The van der Waals surface area contributed by atoms with Crippen molar-refractivity contribution in [3.8, 4) is 0 Å². The van der Waals surface area contributed by atoms with Crippen LogP contribution in [0.5, 0.6) is 0 Å². The van der Waals surface area contributed by atoms with Crippen LogP contribution < -0.4 is 0 Å². The Hall–Kier alpha value is -0.780. The Morgan fingerprint density at radius 3 is 2.71 bits per heavy atom. The van der Waals surface area contributed by atoms with E-state index >= 15 is 0 Å². The molecule has 0 aliphatic carbocycles. The maximum atomic E-state index is 13.7. The Kier molecular flexibility index (Phi) is 3.91. The molecule has 0 spiro atoms. The lowest BCUT2D eigenvalue weighted by atomic mass is 10.0. The molecule has 5 heteroatoms. The molecule has 17 heavy (non-hydrogen) atoms. The summed E-state index contributed by atoms with van der Waals surface area (Å²) in [6.45, 7) is 0. The number of halogens is 3. The summed E-state index contributed by atoms with van der Waals surface area (Å²) in [7, 11) is 0. The summed E-state index contributed by atoms with van der Waals surface area (Å²) in [4.78, 5) is 0.885. The first kappa shape index (κ1) is 12.7. The summed E-state index contributed by atoms with van der Waals surface area (Å²) in [6.07, 6.45) is -0.965. The zero-order valence-electron chi connectivity index (χ0n) is 8.66. The van der Waals surface area contributed by atoms with E-state index in [9.17, 15) is 13.9 Å². The molecule has 1 N–H and O–H groups in total. The number of benzene rings is 1. The van der Waals surface area contributed by atoms with Crippen molar-refractivity contribution in [2.24, 2.45) is 0 Å². The molecule has 0 fully saturated rings. The van der Waals surface area contributed by atoms with Gasteiger partial charge in [0, 0.05) is 11.3 Å². The van der Waals surface area contributed by atoms with Crippen molar-refractivity contribution < 1.29 is 13.9 Å². The van der Waals surface area contributed by atoms with Gasteiger partial charge in [-0.25, -0.2) is 8.78 Å². The average molecular weight is 319 g/mol. The molecule has 1 atom stereocenters. The predicted molar refractivity (Wildman–Crippen MR) is 67.0 cm³/mol. The Morgan fingerprint density at radius 2 is 2.06 bits per heavy atom. The van der Waals surface area contributed by atoms with E-state index in [0.29, 0.717) is 0 Å². The minimum Gasteiger partial charge on any atom is -0.388 e. The molecular formula is C12H9BrF2OS. The Labute approximate surface area is 110 Å². The highest BCUT2D eigenvalue weighted by Crippen LogP contribution is 2.29. The molecule has 0 radical (unpaired) electrons. The van der Waals surface area contributed by atoms with Crippen LogP contribution >= 0.6 is 27.3 Å². The van der Waals surface area contributed by atoms with Gasteiger partial charge in [-0.05, 0) is 39.5 Å². The van der Waals surface area contributed by atoms with Crippen LogP contribution in [0.25, 0.3) is 0 Å². The molecular weight excluding hydrogens is 310 g/mol. The maximum absolute atomic E-state index is 13.7. The molecule has 0 amide bonds. The van der Waals surface area contributed by atoms with Crippen LogP contribution in [0.1, 0.15) is 16.5 Å². The lowest BCUT2D eigenvalue weighted by Gasteiger charge is -2.12. The normalized spacial score (nSPS) is 12.7. The Bertz CT molecular complexity index is 513. The number of hydrogen-bond acceptors (Lipinski definition) is 2. The first-order valence-corrected chi connectivity index (χ1v) is 6.60. The van der Waals surface area contributed by atoms with Gasteiger partial charge in [0.1, 0.15) is 11.6 Å². The van der Waals surface area contributed by atoms with Crippen molar-refractivity contribution in [3.05, 3.63) is 56.2 Å². The fourth-order valence-corrected chi connectivity index (χ4v) is 2.66. The molecule has 90 valence electrons. The zero-order chi connectivity index (χ0) is 12.4. The van der Waals surface area contributed by atoms with Gasteiger partial charge in [-0.15, -0.1) is 11.3 Å². The smallest absolute Gasteiger partial charge is 0.146 e. The van der Waals surface area contributed by atoms with E-state index < -0.39 is 17.7 Å². The fourth-order valence-electron chi connectivity index (χ4n) is 1.57. The molecule has 0 saturated carbocycles. The molecule has 2 rings (SSSR count). The number of rotatable bonds is 3. The quantitative estimate of drug-likeness (QED) is 0.846. The summed E-state index contributed by atoms with van der Waals surface area (Å²) >= 11 is 4.42. The lowest BCUT2D eigenvalue weighted by Crippen LogP contribution is -2.07. The van der Waals surface area contributed by atoms with Gasteiger partial charge in [-0.1, -0.05) is 6.07 Å². The van der Waals surface area contributed by atoms with Gasteiger partial charge in [0.2, 0.25) is 0 Å². The zero-order valence-corrected chi connectivity index (χ0v) is 11.1. The van der Waals surface area contributed by atoms with E-state index in [1.807, 2.05) is 17.5 Å². The van der Waals surface area contributed by atoms with Crippen molar-refractivity contribution in [3.63, 3.8) is 0 Å². The third kappa shape index (κ3) is 2.73. The third-order valence-electron chi connectivity index (χ3n) is 2.39. The molecule has 2 aromatic rings. The molecule has 1 aromatic heterocycles. The van der Waals surface area contributed by atoms with Crippen molar-refractivity contribution in [1.82, 2.24) is 0 Å². The van der Waals surface area contributed by atoms with Gasteiger partial charge in [-0.2, -0.15) is 0 Å². The van der Waals surface area contributed by atoms with E-state index in [4.69, 9.17) is 0 Å². The summed E-state index contributed by atoms with van der Waals surface area (Å²) in [5, 5.41) is 11.7. The fraction of sp³-hybridized carbons (Fsp3) is 0.167. The van der Waals surface area contributed by atoms with Crippen LogP contribution in [0.15, 0.2) is 34.1 Å². The van der Waals surface area contributed by atoms with Crippen molar-refractivity contribution in [1.29, 1.82) is 0 Å². The Balaban J connectivity index is 2.30. The monoisotopic (exact) mass is 318 g/mol. The second-order valence-corrected chi connectivity index (χ2v) is 5.44. The minimum atomic E-state index is -1.17. The molecule has 0 aliphatic heterocycles. The second kappa shape index (κ2) is 5.25. The van der Waals surface area contributed by atoms with Crippen LogP contribution in [0.4, 0.5) is 8.78 Å². The van der Waals surface area contributed by atoms with E-state index in [1.165, 1.54) is 17.4 Å². The molecule has 1 heterocycles. The first-order chi connectivity index (χ1) is 8.09. The molecule has 0 saturated heterocycles. The molecule has 1 nitrogen and oxygen atoms in total. The highest BCUT2D eigenvalue weighted by Gasteiger charge is 2.20. The van der Waals surface area contributed by atoms with E-state index in [1.54, 1.807) is 0 Å². The van der Waals surface area contributed by atoms with Crippen molar-refractivity contribution in [2.45, 2.75) is 12.5 Å². The van der Waals surface area contributed by atoms with Crippen LogP contribution in [0, 0.1) is 11.6 Å². The molecule has 1 unspecified atom stereocenters. The number of aliphatic hydroxyl groups is 1. The molecule has 1 aromatic carbocycles. The summed E-state index contributed by atoms with van der Waals surface area (Å²) in [5.74, 6) is -1.47. The average Bonchev–Trinajstić information content (AvgIpc) is 2.77. The predicted octanol–water partition coefficient (Wildman–Crippen LogP) is 4.06. The maximum Gasteiger partial charge on any atom is 0.146 e. The van der Waals surface area contributed by atoms with Crippen LogP contribution in [0.2, 0.25) is 0 Å². The van der Waals surface area contributed by atoms with Crippen LogP contribution in [0.3, 0.4) is 0 Å². The third-order valence-corrected chi connectivity index (χ3v) is 3.90. The molecule has 0 bridgehead atoms. The van der Waals surface area contributed by atoms with Crippen molar-refractivity contribution >= 4 is 27.3 Å². The number of thiophene rings is 1. The van der Waals surface area contributed by atoms with Gasteiger partial charge in [0.05, 0.1) is 16.1 Å². The van der Waals surface area contributed by atoms with Crippen LogP contribution in [-0.2, 0) is 6.42 Å². The van der Waals surface area contributed by atoms with Crippen molar-refractivity contribution in [2.75, 3.05) is 0 Å². The lowest BCUT2D eigenvalue weighted by molar-refractivity contribution is 0.169. The Morgan fingerprint density at radius 1 is 1.29 bits per heavy atom. The van der Waals surface area contributed by atoms with Gasteiger partial charge >= 0.3 is 0 Å². The standard InChI is InChI=1S/C12H9BrF2OS/c13-8-3-4-9(14)11(12(8)15)10(16)6-7-2-1-5-17-7/h1-5,10,16H,6H2. The minimum absolute atomic E-state index is 0.152. The number of aliphatic hydroxyl groups excluding tert-OH is 1. The van der Waals surface area contributed by atoms with E-state index in [-0.39, 0.29) is 16.5 Å². The van der Waals surface area contributed by atoms with Gasteiger partial charge < -0.3 is 5.11 Å². The van der Waals surface area contributed by atoms with Crippen LogP contribution in [-0.4, -0.2) is 5.11 Å². The van der Waals surface area contributed by atoms with Gasteiger partial charge in [0.15, 0.2) is 0 Å². The highest BCUT2D eigenvalue weighted by atomic mass is 79.9. The van der Waals surface area contributed by atoms with Gasteiger partial charge in [-0.3, -0.25) is 0 Å². The SMILES string of the molecule is OC(Cc1cccs1)c1c(F)ccc(Br)c1F. The first-order valence-electron chi connectivity index (χ1n) is 4.93. The van der Waals surface area contributed by atoms with E-state index in [2.05, 4.69) is 15.9 Å². The summed E-state index contributed by atoms with van der Waals surface area (Å²) in [6, 6.07) is 6.08.